The van der Waals surface area contributed by atoms with Gasteiger partial charge in [0.15, 0.2) is 0 Å². The molecule has 2 aromatic rings. The average Bonchev–Trinajstić information content (AvgIpc) is 3.15. The fourth-order valence-corrected chi connectivity index (χ4v) is 3.95. The summed E-state index contributed by atoms with van der Waals surface area (Å²) in [6, 6.07) is 17.0. The fourth-order valence-electron chi connectivity index (χ4n) is 3.95. The van der Waals surface area contributed by atoms with E-state index >= 15 is 0 Å². The first-order valence-corrected chi connectivity index (χ1v) is 8.80. The quantitative estimate of drug-likeness (QED) is 0.845. The lowest BCUT2D eigenvalue weighted by Gasteiger charge is -2.39. The lowest BCUT2D eigenvalue weighted by atomic mass is 9.87. The van der Waals surface area contributed by atoms with E-state index < -0.39 is 0 Å². The van der Waals surface area contributed by atoms with Gasteiger partial charge in [-0.1, -0.05) is 54.1 Å². The molecule has 0 radical (unpaired) electrons. The van der Waals surface area contributed by atoms with Gasteiger partial charge in [0.1, 0.15) is 6.10 Å². The molecule has 0 aromatic heterocycles. The van der Waals surface area contributed by atoms with E-state index in [0.29, 0.717) is 6.61 Å². The molecule has 0 N–H and O–H groups in total. The topological polar surface area (TPSA) is 29.5 Å². The molecule has 1 fully saturated rings. The van der Waals surface area contributed by atoms with Gasteiger partial charge in [-0.05, 0) is 42.9 Å². The number of fused-ring (bicyclic) bond motifs is 1. The zero-order chi connectivity index (χ0) is 16.5. The zero-order valence-electron chi connectivity index (χ0n) is 14.1. The maximum absolute atomic E-state index is 13.1. The summed E-state index contributed by atoms with van der Waals surface area (Å²) in [6.07, 6.45) is 2.48. The van der Waals surface area contributed by atoms with Crippen molar-refractivity contribution in [1.29, 1.82) is 0 Å². The van der Waals surface area contributed by atoms with E-state index in [9.17, 15) is 4.79 Å². The van der Waals surface area contributed by atoms with Crippen molar-refractivity contribution in [1.82, 2.24) is 4.90 Å². The van der Waals surface area contributed by atoms with Gasteiger partial charge in [-0.25, -0.2) is 0 Å². The van der Waals surface area contributed by atoms with Gasteiger partial charge in [0.25, 0.3) is 5.91 Å². The van der Waals surface area contributed by atoms with Gasteiger partial charge >= 0.3 is 0 Å². The highest BCUT2D eigenvalue weighted by atomic mass is 16.5. The number of benzene rings is 2. The van der Waals surface area contributed by atoms with E-state index in [-0.39, 0.29) is 18.1 Å². The van der Waals surface area contributed by atoms with Crippen LogP contribution in [-0.2, 0) is 16.0 Å². The molecule has 1 amide bonds. The van der Waals surface area contributed by atoms with Gasteiger partial charge in [0.05, 0.1) is 6.04 Å². The van der Waals surface area contributed by atoms with Crippen LogP contribution >= 0.6 is 0 Å². The molecule has 0 saturated carbocycles. The first kappa shape index (κ1) is 15.4. The number of carbonyl (C=O) groups excluding carboxylic acids is 1. The van der Waals surface area contributed by atoms with Crippen LogP contribution in [0.3, 0.4) is 0 Å². The van der Waals surface area contributed by atoms with Crippen molar-refractivity contribution >= 4 is 5.91 Å². The maximum Gasteiger partial charge on any atom is 0.252 e. The molecule has 2 heterocycles. The van der Waals surface area contributed by atoms with Crippen LogP contribution in [0.15, 0.2) is 48.5 Å². The summed E-state index contributed by atoms with van der Waals surface area (Å²) in [6.45, 7) is 3.59. The first-order chi connectivity index (χ1) is 11.7. The smallest absolute Gasteiger partial charge is 0.252 e. The Balaban J connectivity index is 1.76. The highest BCUT2D eigenvalue weighted by molar-refractivity contribution is 5.82. The highest BCUT2D eigenvalue weighted by Crippen LogP contribution is 2.36. The monoisotopic (exact) mass is 321 g/mol. The summed E-state index contributed by atoms with van der Waals surface area (Å²) in [5.41, 5.74) is 5.07. The third-order valence-corrected chi connectivity index (χ3v) is 5.13. The van der Waals surface area contributed by atoms with Crippen LogP contribution in [0.4, 0.5) is 0 Å². The Kier molecular flexibility index (Phi) is 4.11. The maximum atomic E-state index is 13.1. The van der Waals surface area contributed by atoms with Crippen LogP contribution in [0, 0.1) is 6.92 Å². The lowest BCUT2D eigenvalue weighted by molar-refractivity contribution is -0.143. The predicted octanol–water partition coefficient (Wildman–Crippen LogP) is 3.65. The number of rotatable bonds is 2. The van der Waals surface area contributed by atoms with E-state index in [2.05, 4.69) is 37.3 Å². The van der Waals surface area contributed by atoms with Gasteiger partial charge < -0.3 is 9.64 Å². The number of aryl methyl sites for hydroxylation is 1. The highest BCUT2D eigenvalue weighted by Gasteiger charge is 2.36. The third-order valence-electron chi connectivity index (χ3n) is 5.13. The molecule has 3 nitrogen and oxygen atoms in total. The van der Waals surface area contributed by atoms with E-state index in [1.807, 2.05) is 23.1 Å². The van der Waals surface area contributed by atoms with Crippen LogP contribution in [-0.4, -0.2) is 30.1 Å². The minimum Gasteiger partial charge on any atom is -0.368 e. The molecule has 0 spiro atoms. The lowest BCUT2D eigenvalue weighted by Crippen LogP contribution is -2.45. The van der Waals surface area contributed by atoms with E-state index in [0.717, 1.165) is 25.8 Å². The number of carbonyl (C=O) groups is 1. The summed E-state index contributed by atoms with van der Waals surface area (Å²) in [5.74, 6) is 0.146. The molecule has 0 aliphatic carbocycles. The summed E-state index contributed by atoms with van der Waals surface area (Å²) < 4.78 is 5.67. The molecule has 1 saturated heterocycles. The van der Waals surface area contributed by atoms with Gasteiger partial charge in [-0.3, -0.25) is 4.79 Å². The SMILES string of the molecule is Cc1ccc2c(c1)CCN(C(=O)C1CCCO1)C2c1ccccc1. The summed E-state index contributed by atoms with van der Waals surface area (Å²) in [4.78, 5) is 15.1. The molecule has 2 atom stereocenters. The fraction of sp³-hybridized carbons (Fsp3) is 0.381. The van der Waals surface area contributed by atoms with Crippen molar-refractivity contribution in [3.63, 3.8) is 0 Å². The number of hydrogen-bond donors (Lipinski definition) is 0. The van der Waals surface area contributed by atoms with Gasteiger partial charge in [-0.15, -0.1) is 0 Å². The summed E-state index contributed by atoms with van der Waals surface area (Å²) >= 11 is 0. The number of hydrogen-bond acceptors (Lipinski definition) is 2. The molecule has 0 bridgehead atoms. The molecule has 3 heteroatoms. The molecular weight excluding hydrogens is 298 g/mol. The van der Waals surface area contributed by atoms with E-state index in [1.54, 1.807) is 0 Å². The number of nitrogens with zero attached hydrogens (tertiary/aromatic N) is 1. The second kappa shape index (κ2) is 6.40. The second-order valence-electron chi connectivity index (χ2n) is 6.80. The molecule has 2 aromatic carbocycles. The van der Waals surface area contributed by atoms with Crippen molar-refractivity contribution in [3.05, 3.63) is 70.8 Å². The molecule has 2 aliphatic heterocycles. The summed E-state index contributed by atoms with van der Waals surface area (Å²) in [7, 11) is 0. The zero-order valence-corrected chi connectivity index (χ0v) is 14.1. The van der Waals surface area contributed by atoms with Crippen molar-refractivity contribution < 1.29 is 9.53 Å². The Bertz CT molecular complexity index is 735. The average molecular weight is 321 g/mol. The van der Waals surface area contributed by atoms with Crippen molar-refractivity contribution in [2.45, 2.75) is 38.3 Å². The first-order valence-electron chi connectivity index (χ1n) is 8.80. The Hall–Kier alpha value is -2.13. The minimum atomic E-state index is -0.261. The van der Waals surface area contributed by atoms with Crippen molar-refractivity contribution in [2.24, 2.45) is 0 Å². The molecule has 4 rings (SSSR count). The Morgan fingerprint density at radius 3 is 2.75 bits per heavy atom. The van der Waals surface area contributed by atoms with Gasteiger partial charge in [0, 0.05) is 13.2 Å². The van der Waals surface area contributed by atoms with Crippen LogP contribution < -0.4 is 0 Å². The van der Waals surface area contributed by atoms with Crippen LogP contribution in [0.5, 0.6) is 0 Å². The Morgan fingerprint density at radius 2 is 2.00 bits per heavy atom. The number of ether oxygens (including phenoxy) is 1. The molecule has 2 aliphatic rings. The molecular formula is C21H23NO2. The molecule has 2 unspecified atom stereocenters. The summed E-state index contributed by atoms with van der Waals surface area (Å²) in [5, 5.41) is 0. The standard InChI is InChI=1S/C21H23NO2/c1-15-9-10-18-17(14-15)11-12-22(21(23)19-8-5-13-24-19)20(18)16-6-3-2-4-7-16/h2-4,6-7,9-10,14,19-20H,5,8,11-13H2,1H3. The van der Waals surface area contributed by atoms with Crippen LogP contribution in [0.2, 0.25) is 0 Å². The Morgan fingerprint density at radius 1 is 1.17 bits per heavy atom. The minimum absolute atomic E-state index is 0.00718. The van der Waals surface area contributed by atoms with Crippen LogP contribution in [0.1, 0.15) is 41.1 Å². The predicted molar refractivity (Wildman–Crippen MR) is 93.9 cm³/mol. The van der Waals surface area contributed by atoms with Crippen molar-refractivity contribution in [2.75, 3.05) is 13.2 Å². The van der Waals surface area contributed by atoms with Gasteiger partial charge in [-0.2, -0.15) is 0 Å². The van der Waals surface area contributed by atoms with Gasteiger partial charge in [0.2, 0.25) is 0 Å². The third kappa shape index (κ3) is 2.73. The largest absolute Gasteiger partial charge is 0.368 e. The van der Waals surface area contributed by atoms with E-state index in [4.69, 9.17) is 4.74 Å². The normalized spacial score (nSPS) is 23.1. The molecule has 124 valence electrons. The Labute approximate surface area is 143 Å². The molecule has 24 heavy (non-hydrogen) atoms. The number of amides is 1. The van der Waals surface area contributed by atoms with E-state index in [1.165, 1.54) is 22.3 Å². The second-order valence-corrected chi connectivity index (χ2v) is 6.80. The van der Waals surface area contributed by atoms with Crippen LogP contribution in [0.25, 0.3) is 0 Å². The van der Waals surface area contributed by atoms with Crippen molar-refractivity contribution in [3.8, 4) is 0 Å².